The molecule has 0 bridgehead atoms. The van der Waals surface area contributed by atoms with Crippen molar-refractivity contribution in [1.82, 2.24) is 5.48 Å². The molecule has 0 fully saturated rings. The van der Waals surface area contributed by atoms with E-state index in [2.05, 4.69) is 5.48 Å². The minimum Gasteiger partial charge on any atom is -0.368 e. The molecule has 0 saturated carbocycles. The Hall–Kier alpha value is -0.870. The van der Waals surface area contributed by atoms with Gasteiger partial charge in [-0.2, -0.15) is 5.48 Å². The van der Waals surface area contributed by atoms with Gasteiger partial charge in [0.05, 0.1) is 6.61 Å². The summed E-state index contributed by atoms with van der Waals surface area (Å²) >= 11 is 0. The molecule has 4 nitrogen and oxygen atoms in total. The third-order valence-corrected chi connectivity index (χ3v) is 1.23. The Morgan fingerprint density at radius 2 is 2.60 bits per heavy atom. The van der Waals surface area contributed by atoms with Crippen molar-refractivity contribution >= 4 is 5.91 Å². The van der Waals surface area contributed by atoms with Crippen LogP contribution < -0.4 is 11.2 Å². The molecule has 1 unspecified atom stereocenters. The largest absolute Gasteiger partial charge is 0.368 e. The van der Waals surface area contributed by atoms with Gasteiger partial charge in [-0.05, 0) is 6.42 Å². The third-order valence-electron chi connectivity index (χ3n) is 1.23. The first-order chi connectivity index (χ1) is 4.80. The minimum absolute atomic E-state index is 0.418. The Bertz CT molecular complexity index is 156. The van der Waals surface area contributed by atoms with Crippen molar-refractivity contribution < 1.29 is 9.63 Å². The fourth-order valence-corrected chi connectivity index (χ4v) is 0.700. The smallest absolute Gasteiger partial charge is 0.240 e. The van der Waals surface area contributed by atoms with Crippen LogP contribution in [0.5, 0.6) is 0 Å². The van der Waals surface area contributed by atoms with Crippen LogP contribution >= 0.6 is 0 Å². The first-order valence-electron chi connectivity index (χ1n) is 3.14. The zero-order valence-corrected chi connectivity index (χ0v) is 5.54. The number of rotatable bonds is 1. The van der Waals surface area contributed by atoms with Gasteiger partial charge in [0.1, 0.15) is 6.04 Å². The molecular weight excluding hydrogens is 132 g/mol. The monoisotopic (exact) mass is 142 g/mol. The number of hydroxylamine groups is 1. The molecule has 1 rings (SSSR count). The van der Waals surface area contributed by atoms with Gasteiger partial charge in [-0.25, -0.2) is 0 Å². The number of amides is 1. The van der Waals surface area contributed by atoms with Gasteiger partial charge in [0.25, 0.3) is 0 Å². The van der Waals surface area contributed by atoms with Gasteiger partial charge < -0.3 is 10.6 Å². The molecule has 1 atom stereocenters. The second-order valence-electron chi connectivity index (χ2n) is 2.06. The Balaban J connectivity index is 2.49. The summed E-state index contributed by atoms with van der Waals surface area (Å²) in [5.74, 6) is -0.418. The third kappa shape index (κ3) is 1.82. The van der Waals surface area contributed by atoms with Gasteiger partial charge in [-0.15, -0.1) is 0 Å². The van der Waals surface area contributed by atoms with E-state index < -0.39 is 11.9 Å². The molecular formula is C6H10N2O2. The molecule has 1 aliphatic rings. The Kier molecular flexibility index (Phi) is 2.42. The quantitative estimate of drug-likeness (QED) is 0.477. The molecule has 10 heavy (non-hydrogen) atoms. The second-order valence-corrected chi connectivity index (χ2v) is 2.06. The van der Waals surface area contributed by atoms with Crippen LogP contribution in [0.2, 0.25) is 0 Å². The normalized spacial score (nSPS) is 25.8. The van der Waals surface area contributed by atoms with E-state index in [0.717, 1.165) is 6.42 Å². The molecule has 1 heterocycles. The molecule has 1 aliphatic heterocycles. The highest BCUT2D eigenvalue weighted by Gasteiger charge is 2.11. The number of carbonyl (C=O) groups excluding carboxylic acids is 1. The first-order valence-corrected chi connectivity index (χ1v) is 3.14. The van der Waals surface area contributed by atoms with Gasteiger partial charge in [-0.3, -0.25) is 4.79 Å². The highest BCUT2D eigenvalue weighted by Crippen LogP contribution is 1.94. The van der Waals surface area contributed by atoms with Gasteiger partial charge in [0.15, 0.2) is 0 Å². The van der Waals surface area contributed by atoms with Gasteiger partial charge in [-0.1, -0.05) is 12.2 Å². The minimum atomic E-state index is -0.470. The van der Waals surface area contributed by atoms with Crippen LogP contribution in [0.4, 0.5) is 0 Å². The molecule has 0 aliphatic carbocycles. The summed E-state index contributed by atoms with van der Waals surface area (Å²) in [6, 6.07) is -0.470. The summed E-state index contributed by atoms with van der Waals surface area (Å²) < 4.78 is 0. The first kappa shape index (κ1) is 7.24. The number of hydrogen-bond acceptors (Lipinski definition) is 3. The molecule has 0 aromatic heterocycles. The van der Waals surface area contributed by atoms with Crippen LogP contribution in [0.15, 0.2) is 12.2 Å². The van der Waals surface area contributed by atoms with Crippen molar-refractivity contribution in [3.63, 3.8) is 0 Å². The molecule has 56 valence electrons. The standard InChI is InChI=1S/C6H10N2O2/c7-6(9)5-3-1-2-4-10-8-5/h1,3,5,8H,2,4H2,(H2,7,9). The molecule has 0 aromatic rings. The fraction of sp³-hybridized carbons (Fsp3) is 0.500. The molecule has 0 aromatic carbocycles. The Morgan fingerprint density at radius 1 is 1.80 bits per heavy atom. The summed E-state index contributed by atoms with van der Waals surface area (Å²) in [4.78, 5) is 15.4. The summed E-state index contributed by atoms with van der Waals surface area (Å²) in [6.07, 6.45) is 4.39. The van der Waals surface area contributed by atoms with E-state index >= 15 is 0 Å². The second kappa shape index (κ2) is 3.34. The van der Waals surface area contributed by atoms with Crippen LogP contribution in [-0.4, -0.2) is 18.6 Å². The molecule has 0 saturated heterocycles. The number of carbonyl (C=O) groups is 1. The highest BCUT2D eigenvalue weighted by atomic mass is 16.6. The Morgan fingerprint density at radius 3 is 3.30 bits per heavy atom. The maximum Gasteiger partial charge on any atom is 0.240 e. The molecule has 3 N–H and O–H groups in total. The van der Waals surface area contributed by atoms with E-state index in [1.54, 1.807) is 6.08 Å². The molecule has 0 radical (unpaired) electrons. The summed E-state index contributed by atoms with van der Waals surface area (Å²) in [5, 5.41) is 0. The van der Waals surface area contributed by atoms with Crippen LogP contribution in [-0.2, 0) is 9.63 Å². The van der Waals surface area contributed by atoms with E-state index in [1.165, 1.54) is 0 Å². The van der Waals surface area contributed by atoms with Crippen molar-refractivity contribution in [2.24, 2.45) is 5.73 Å². The lowest BCUT2D eigenvalue weighted by atomic mass is 10.2. The van der Waals surface area contributed by atoms with E-state index in [0.29, 0.717) is 6.61 Å². The average Bonchev–Trinajstić information content (AvgIpc) is 2.12. The summed E-state index contributed by atoms with van der Waals surface area (Å²) in [6.45, 7) is 0.584. The highest BCUT2D eigenvalue weighted by molar-refractivity contribution is 5.81. The summed E-state index contributed by atoms with van der Waals surface area (Å²) in [7, 11) is 0. The lowest BCUT2D eigenvalue weighted by Crippen LogP contribution is -2.38. The van der Waals surface area contributed by atoms with E-state index in [4.69, 9.17) is 10.6 Å². The van der Waals surface area contributed by atoms with Crippen LogP contribution in [0.1, 0.15) is 6.42 Å². The van der Waals surface area contributed by atoms with Crippen LogP contribution in [0.25, 0.3) is 0 Å². The zero-order valence-electron chi connectivity index (χ0n) is 5.54. The maximum atomic E-state index is 10.5. The predicted octanol–water partition coefficient (Wildman–Crippen LogP) is -0.679. The van der Waals surface area contributed by atoms with E-state index in [1.807, 2.05) is 6.08 Å². The number of primary amides is 1. The van der Waals surface area contributed by atoms with Gasteiger partial charge in [0, 0.05) is 0 Å². The molecule has 0 spiro atoms. The SMILES string of the molecule is NC(=O)C1C=CCCON1. The van der Waals surface area contributed by atoms with Gasteiger partial charge in [0.2, 0.25) is 5.91 Å². The van der Waals surface area contributed by atoms with Gasteiger partial charge >= 0.3 is 0 Å². The number of hydrogen-bond donors (Lipinski definition) is 2. The maximum absolute atomic E-state index is 10.5. The van der Waals surface area contributed by atoms with Crippen molar-refractivity contribution in [3.8, 4) is 0 Å². The lowest BCUT2D eigenvalue weighted by Gasteiger charge is -2.06. The Labute approximate surface area is 59.0 Å². The van der Waals surface area contributed by atoms with Crippen molar-refractivity contribution in [3.05, 3.63) is 12.2 Å². The lowest BCUT2D eigenvalue weighted by molar-refractivity contribution is -0.122. The fourth-order valence-electron chi connectivity index (χ4n) is 0.700. The average molecular weight is 142 g/mol. The zero-order chi connectivity index (χ0) is 7.40. The van der Waals surface area contributed by atoms with Crippen LogP contribution in [0, 0.1) is 0 Å². The molecule has 1 amide bonds. The van der Waals surface area contributed by atoms with Crippen LogP contribution in [0.3, 0.4) is 0 Å². The number of nitrogens with two attached hydrogens (primary N) is 1. The van der Waals surface area contributed by atoms with E-state index in [-0.39, 0.29) is 0 Å². The molecule has 4 heteroatoms. The predicted molar refractivity (Wildman–Crippen MR) is 35.8 cm³/mol. The van der Waals surface area contributed by atoms with E-state index in [9.17, 15) is 4.79 Å². The topological polar surface area (TPSA) is 64.4 Å². The van der Waals surface area contributed by atoms with Crippen molar-refractivity contribution in [1.29, 1.82) is 0 Å². The van der Waals surface area contributed by atoms with Crippen molar-refractivity contribution in [2.75, 3.05) is 6.61 Å². The number of nitrogens with one attached hydrogen (secondary N) is 1. The van der Waals surface area contributed by atoms with Crippen molar-refractivity contribution in [2.45, 2.75) is 12.5 Å². The summed E-state index contributed by atoms with van der Waals surface area (Å²) in [5.41, 5.74) is 7.52.